The predicted octanol–water partition coefficient (Wildman–Crippen LogP) is 3.03. The summed E-state index contributed by atoms with van der Waals surface area (Å²) in [6.45, 7) is 4.57. The summed E-state index contributed by atoms with van der Waals surface area (Å²) in [5.74, 6) is 0.709. The van der Waals surface area contributed by atoms with E-state index < -0.39 is 0 Å². The quantitative estimate of drug-likeness (QED) is 0.885. The van der Waals surface area contributed by atoms with Crippen LogP contribution < -0.4 is 10.6 Å². The zero-order valence-corrected chi connectivity index (χ0v) is 11.4. The van der Waals surface area contributed by atoms with E-state index in [1.165, 1.54) is 30.5 Å². The average Bonchev–Trinajstić information content (AvgIpc) is 2.48. The molecule has 2 heterocycles. The minimum atomic E-state index is 0.485. The van der Waals surface area contributed by atoms with E-state index in [2.05, 4.69) is 46.8 Å². The average molecular weight is 255 g/mol. The van der Waals surface area contributed by atoms with Crippen LogP contribution >= 0.6 is 0 Å². The van der Waals surface area contributed by atoms with Gasteiger partial charge in [0.1, 0.15) is 0 Å². The molecule has 19 heavy (non-hydrogen) atoms. The van der Waals surface area contributed by atoms with Crippen LogP contribution in [0.5, 0.6) is 0 Å². The lowest BCUT2D eigenvalue weighted by atomic mass is 9.92. The number of piperidine rings is 1. The van der Waals surface area contributed by atoms with Crippen molar-refractivity contribution in [3.63, 3.8) is 0 Å². The number of nitrogens with one attached hydrogen (secondary N) is 2. The number of benzene rings is 1. The van der Waals surface area contributed by atoms with Crippen molar-refractivity contribution in [1.29, 1.82) is 0 Å². The van der Waals surface area contributed by atoms with E-state index in [0.29, 0.717) is 12.0 Å². The number of rotatable bonds is 3. The second kappa shape index (κ2) is 5.57. The standard InChI is InChI=1S/C16H21N3/c1-12(13-5-4-9-17-11-13)19-16-8-10-18-15-7-3-2-6-14(15)16/h2-3,6-8,10,12-13,17H,4-5,9,11H2,1H3,(H,18,19). The molecule has 0 radical (unpaired) electrons. The van der Waals surface area contributed by atoms with Crippen molar-refractivity contribution >= 4 is 16.6 Å². The zero-order valence-electron chi connectivity index (χ0n) is 11.4. The van der Waals surface area contributed by atoms with Crippen LogP contribution in [0.25, 0.3) is 10.9 Å². The topological polar surface area (TPSA) is 37.0 Å². The van der Waals surface area contributed by atoms with Gasteiger partial charge in [-0.15, -0.1) is 0 Å². The smallest absolute Gasteiger partial charge is 0.0722 e. The Balaban J connectivity index is 1.80. The Bertz CT molecular complexity index is 541. The lowest BCUT2D eigenvalue weighted by molar-refractivity contribution is 0.347. The van der Waals surface area contributed by atoms with Crippen LogP contribution in [0.3, 0.4) is 0 Å². The molecule has 1 saturated heterocycles. The highest BCUT2D eigenvalue weighted by Gasteiger charge is 2.20. The molecule has 1 aromatic heterocycles. The maximum absolute atomic E-state index is 4.41. The third-order valence-corrected chi connectivity index (χ3v) is 4.07. The molecule has 3 rings (SSSR count). The third kappa shape index (κ3) is 2.71. The molecular formula is C16H21N3. The molecule has 2 N–H and O–H groups in total. The molecule has 0 spiro atoms. The fourth-order valence-corrected chi connectivity index (χ4v) is 2.89. The lowest BCUT2D eigenvalue weighted by Crippen LogP contribution is -2.38. The first kappa shape index (κ1) is 12.4. The van der Waals surface area contributed by atoms with Gasteiger partial charge in [-0.05, 0) is 50.9 Å². The summed E-state index contributed by atoms with van der Waals surface area (Å²) in [6.07, 6.45) is 4.48. The zero-order chi connectivity index (χ0) is 13.1. The van der Waals surface area contributed by atoms with Crippen LogP contribution in [0.15, 0.2) is 36.5 Å². The minimum Gasteiger partial charge on any atom is -0.382 e. The van der Waals surface area contributed by atoms with Crippen LogP contribution in [0, 0.1) is 5.92 Å². The van der Waals surface area contributed by atoms with Gasteiger partial charge in [0.2, 0.25) is 0 Å². The normalized spacial score (nSPS) is 21.2. The third-order valence-electron chi connectivity index (χ3n) is 4.07. The van der Waals surface area contributed by atoms with E-state index in [9.17, 15) is 0 Å². The first-order valence-electron chi connectivity index (χ1n) is 7.15. The minimum absolute atomic E-state index is 0.485. The van der Waals surface area contributed by atoms with Crippen molar-refractivity contribution in [3.8, 4) is 0 Å². The Kier molecular flexibility index (Phi) is 3.65. The molecular weight excluding hydrogens is 234 g/mol. The van der Waals surface area contributed by atoms with Gasteiger partial charge in [-0.3, -0.25) is 4.98 Å². The van der Waals surface area contributed by atoms with Crippen molar-refractivity contribution in [3.05, 3.63) is 36.5 Å². The van der Waals surface area contributed by atoms with Crippen molar-refractivity contribution in [2.45, 2.75) is 25.8 Å². The summed E-state index contributed by atoms with van der Waals surface area (Å²) in [5.41, 5.74) is 2.25. The van der Waals surface area contributed by atoms with Gasteiger partial charge in [-0.1, -0.05) is 18.2 Å². The molecule has 3 nitrogen and oxygen atoms in total. The van der Waals surface area contributed by atoms with E-state index in [4.69, 9.17) is 0 Å². The summed E-state index contributed by atoms with van der Waals surface area (Å²) in [6, 6.07) is 10.9. The van der Waals surface area contributed by atoms with Crippen LogP contribution in [-0.2, 0) is 0 Å². The number of fused-ring (bicyclic) bond motifs is 1. The largest absolute Gasteiger partial charge is 0.382 e. The van der Waals surface area contributed by atoms with E-state index in [1.54, 1.807) is 0 Å². The Morgan fingerprint density at radius 3 is 3.05 bits per heavy atom. The molecule has 0 saturated carbocycles. The van der Waals surface area contributed by atoms with Gasteiger partial charge in [0.05, 0.1) is 5.52 Å². The van der Waals surface area contributed by atoms with Crippen LogP contribution in [0.2, 0.25) is 0 Å². The van der Waals surface area contributed by atoms with Gasteiger partial charge in [0.25, 0.3) is 0 Å². The summed E-state index contributed by atoms with van der Waals surface area (Å²) >= 11 is 0. The Morgan fingerprint density at radius 1 is 1.32 bits per heavy atom. The molecule has 1 aromatic carbocycles. The van der Waals surface area contributed by atoms with E-state index in [-0.39, 0.29) is 0 Å². The molecule has 100 valence electrons. The highest BCUT2D eigenvalue weighted by molar-refractivity contribution is 5.90. The van der Waals surface area contributed by atoms with Crippen LogP contribution in [0.1, 0.15) is 19.8 Å². The van der Waals surface area contributed by atoms with E-state index in [1.807, 2.05) is 12.3 Å². The maximum Gasteiger partial charge on any atom is 0.0722 e. The van der Waals surface area contributed by atoms with Crippen LogP contribution in [-0.4, -0.2) is 24.1 Å². The first-order valence-corrected chi connectivity index (χ1v) is 7.15. The summed E-state index contributed by atoms with van der Waals surface area (Å²) < 4.78 is 0. The molecule has 2 aromatic rings. The lowest BCUT2D eigenvalue weighted by Gasteiger charge is -2.29. The van der Waals surface area contributed by atoms with Gasteiger partial charge in [-0.2, -0.15) is 0 Å². The Morgan fingerprint density at radius 2 is 2.21 bits per heavy atom. The molecule has 0 amide bonds. The van der Waals surface area contributed by atoms with Gasteiger partial charge in [0, 0.05) is 23.3 Å². The second-order valence-electron chi connectivity index (χ2n) is 5.42. The SMILES string of the molecule is CC(Nc1ccnc2ccccc12)C1CCCNC1. The predicted molar refractivity (Wildman–Crippen MR) is 80.4 cm³/mol. The van der Waals surface area contributed by atoms with Gasteiger partial charge < -0.3 is 10.6 Å². The van der Waals surface area contributed by atoms with Crippen molar-refractivity contribution in [2.75, 3.05) is 18.4 Å². The van der Waals surface area contributed by atoms with E-state index >= 15 is 0 Å². The molecule has 0 aliphatic carbocycles. The monoisotopic (exact) mass is 255 g/mol. The number of hydrogen-bond acceptors (Lipinski definition) is 3. The second-order valence-corrected chi connectivity index (χ2v) is 5.42. The maximum atomic E-state index is 4.41. The Hall–Kier alpha value is -1.61. The number of para-hydroxylation sites is 1. The highest BCUT2D eigenvalue weighted by atomic mass is 15.0. The van der Waals surface area contributed by atoms with Crippen molar-refractivity contribution in [1.82, 2.24) is 10.3 Å². The van der Waals surface area contributed by atoms with Crippen molar-refractivity contribution in [2.24, 2.45) is 5.92 Å². The van der Waals surface area contributed by atoms with Gasteiger partial charge in [-0.25, -0.2) is 0 Å². The molecule has 1 aliphatic heterocycles. The molecule has 2 atom stereocenters. The first-order chi connectivity index (χ1) is 9.34. The van der Waals surface area contributed by atoms with Gasteiger partial charge in [0.15, 0.2) is 0 Å². The molecule has 0 bridgehead atoms. The highest BCUT2D eigenvalue weighted by Crippen LogP contribution is 2.24. The number of aromatic nitrogens is 1. The number of anilines is 1. The summed E-state index contributed by atoms with van der Waals surface area (Å²) in [4.78, 5) is 4.41. The molecule has 3 heteroatoms. The Labute approximate surface area is 114 Å². The number of nitrogens with zero attached hydrogens (tertiary/aromatic N) is 1. The molecule has 2 unspecified atom stereocenters. The van der Waals surface area contributed by atoms with E-state index in [0.717, 1.165) is 12.1 Å². The van der Waals surface area contributed by atoms with Gasteiger partial charge >= 0.3 is 0 Å². The molecule has 1 aliphatic rings. The molecule has 1 fully saturated rings. The summed E-state index contributed by atoms with van der Waals surface area (Å²) in [5, 5.41) is 8.37. The fraction of sp³-hybridized carbons (Fsp3) is 0.438. The summed E-state index contributed by atoms with van der Waals surface area (Å²) in [7, 11) is 0. The number of hydrogen-bond donors (Lipinski definition) is 2. The van der Waals surface area contributed by atoms with Crippen molar-refractivity contribution < 1.29 is 0 Å². The van der Waals surface area contributed by atoms with Crippen LogP contribution in [0.4, 0.5) is 5.69 Å². The number of pyridine rings is 1. The fourth-order valence-electron chi connectivity index (χ4n) is 2.89.